The first-order valence-corrected chi connectivity index (χ1v) is 7.54. The second-order valence-corrected chi connectivity index (χ2v) is 6.08. The highest BCUT2D eigenvalue weighted by Gasteiger charge is 2.19. The number of hydrogen-bond acceptors (Lipinski definition) is 2. The van der Waals surface area contributed by atoms with E-state index in [1.807, 2.05) is 0 Å². The molecule has 0 amide bonds. The van der Waals surface area contributed by atoms with E-state index in [9.17, 15) is 13.2 Å². The topological polar surface area (TPSA) is 26.0 Å². The Hall–Kier alpha value is -0.980. The van der Waals surface area contributed by atoms with Crippen molar-refractivity contribution in [3.8, 4) is 0 Å². The fraction of sp³-hybridized carbons (Fsp3) is 0.143. The third-order valence-electron chi connectivity index (χ3n) is 2.68. The highest BCUT2D eigenvalue weighted by molar-refractivity contribution is 9.10. The minimum atomic E-state index is -0.819. The number of hydrogen-bond donors (Lipinski definition) is 1. The molecule has 0 bridgehead atoms. The van der Waals surface area contributed by atoms with Gasteiger partial charge in [0.2, 0.25) is 0 Å². The number of thioether (sulfide) groups is 1. The van der Waals surface area contributed by atoms with Crippen LogP contribution in [0.15, 0.2) is 45.8 Å². The standard InChI is InChI=1S/C14H11BrF3NS/c15-10-4-5-11(17)13(14(10)18)12(19)7-20-9-3-1-2-8(16)6-9/h1-6,12H,7,19H2. The van der Waals surface area contributed by atoms with Crippen LogP contribution in [-0.4, -0.2) is 5.75 Å². The molecule has 2 N–H and O–H groups in total. The summed E-state index contributed by atoms with van der Waals surface area (Å²) in [6, 6.07) is 7.61. The van der Waals surface area contributed by atoms with Crippen LogP contribution in [0.5, 0.6) is 0 Å². The van der Waals surface area contributed by atoms with Crippen LogP contribution in [0.3, 0.4) is 0 Å². The number of rotatable bonds is 4. The fourth-order valence-electron chi connectivity index (χ4n) is 1.71. The number of nitrogens with two attached hydrogens (primary N) is 1. The molecular weight excluding hydrogens is 351 g/mol. The maximum atomic E-state index is 13.9. The van der Waals surface area contributed by atoms with Gasteiger partial charge in [0.1, 0.15) is 17.5 Å². The molecule has 1 unspecified atom stereocenters. The molecule has 0 heterocycles. The quantitative estimate of drug-likeness (QED) is 0.633. The van der Waals surface area contributed by atoms with Gasteiger partial charge < -0.3 is 5.73 Å². The third kappa shape index (κ3) is 3.56. The Morgan fingerprint density at radius 3 is 2.60 bits per heavy atom. The van der Waals surface area contributed by atoms with E-state index in [1.54, 1.807) is 12.1 Å². The Kier molecular flexibility index (Phi) is 5.12. The molecule has 0 saturated carbocycles. The number of halogens is 4. The molecule has 0 saturated heterocycles. The zero-order valence-electron chi connectivity index (χ0n) is 10.2. The van der Waals surface area contributed by atoms with Crippen molar-refractivity contribution in [2.24, 2.45) is 5.73 Å². The Bertz CT molecular complexity index is 621. The monoisotopic (exact) mass is 361 g/mol. The average Bonchev–Trinajstić information content (AvgIpc) is 2.41. The first-order chi connectivity index (χ1) is 9.49. The molecule has 6 heteroatoms. The van der Waals surface area contributed by atoms with Gasteiger partial charge in [-0.2, -0.15) is 0 Å². The van der Waals surface area contributed by atoms with E-state index < -0.39 is 17.7 Å². The summed E-state index contributed by atoms with van der Waals surface area (Å²) in [5.74, 6) is -1.49. The van der Waals surface area contributed by atoms with Crippen molar-refractivity contribution < 1.29 is 13.2 Å². The molecule has 0 radical (unpaired) electrons. The highest BCUT2D eigenvalue weighted by Crippen LogP contribution is 2.29. The molecule has 0 aromatic heterocycles. The molecule has 1 atom stereocenters. The van der Waals surface area contributed by atoms with Gasteiger partial charge in [-0.1, -0.05) is 6.07 Å². The summed E-state index contributed by atoms with van der Waals surface area (Å²) in [4.78, 5) is 0.663. The zero-order valence-corrected chi connectivity index (χ0v) is 12.6. The lowest BCUT2D eigenvalue weighted by Gasteiger charge is -2.14. The molecule has 106 valence electrons. The fourth-order valence-corrected chi connectivity index (χ4v) is 2.96. The van der Waals surface area contributed by atoms with Crippen molar-refractivity contribution in [3.05, 3.63) is 63.9 Å². The van der Waals surface area contributed by atoms with E-state index in [0.717, 1.165) is 6.07 Å². The van der Waals surface area contributed by atoms with Crippen LogP contribution >= 0.6 is 27.7 Å². The van der Waals surface area contributed by atoms with Crippen molar-refractivity contribution in [2.45, 2.75) is 10.9 Å². The van der Waals surface area contributed by atoms with Crippen molar-refractivity contribution in [3.63, 3.8) is 0 Å². The van der Waals surface area contributed by atoms with Gasteiger partial charge in [-0.3, -0.25) is 0 Å². The smallest absolute Gasteiger partial charge is 0.145 e. The Labute approximate surface area is 127 Å². The van der Waals surface area contributed by atoms with Gasteiger partial charge in [-0.25, -0.2) is 13.2 Å². The largest absolute Gasteiger partial charge is 0.323 e. The van der Waals surface area contributed by atoms with E-state index in [1.165, 1.54) is 30.0 Å². The predicted molar refractivity (Wildman–Crippen MR) is 78.1 cm³/mol. The summed E-state index contributed by atoms with van der Waals surface area (Å²) in [6.45, 7) is 0. The van der Waals surface area contributed by atoms with Gasteiger partial charge in [0, 0.05) is 22.3 Å². The summed E-state index contributed by atoms with van der Waals surface area (Å²) in [6.07, 6.45) is 0. The molecule has 20 heavy (non-hydrogen) atoms. The summed E-state index contributed by atoms with van der Waals surface area (Å²) in [5, 5.41) is 0. The summed E-state index contributed by atoms with van der Waals surface area (Å²) < 4.78 is 40.7. The lowest BCUT2D eigenvalue weighted by Crippen LogP contribution is -2.17. The van der Waals surface area contributed by atoms with E-state index >= 15 is 0 Å². The second-order valence-electron chi connectivity index (χ2n) is 4.13. The molecule has 0 fully saturated rings. The maximum absolute atomic E-state index is 13.9. The maximum Gasteiger partial charge on any atom is 0.145 e. The summed E-state index contributed by atoms with van der Waals surface area (Å²) >= 11 is 4.25. The minimum absolute atomic E-state index is 0.164. The Morgan fingerprint density at radius 1 is 1.15 bits per heavy atom. The van der Waals surface area contributed by atoms with Crippen LogP contribution in [0.25, 0.3) is 0 Å². The van der Waals surface area contributed by atoms with Gasteiger partial charge >= 0.3 is 0 Å². The normalized spacial score (nSPS) is 12.4. The zero-order chi connectivity index (χ0) is 14.7. The predicted octanol–water partition coefficient (Wildman–Crippen LogP) is 4.66. The molecule has 1 nitrogen and oxygen atoms in total. The first-order valence-electron chi connectivity index (χ1n) is 5.76. The Balaban J connectivity index is 2.13. The molecule has 2 aromatic carbocycles. The van der Waals surface area contributed by atoms with Crippen molar-refractivity contribution in [1.82, 2.24) is 0 Å². The van der Waals surface area contributed by atoms with Gasteiger partial charge in [-0.15, -0.1) is 11.8 Å². The van der Waals surface area contributed by atoms with E-state index in [0.29, 0.717) is 4.90 Å². The van der Waals surface area contributed by atoms with Crippen LogP contribution < -0.4 is 5.73 Å². The van der Waals surface area contributed by atoms with Crippen molar-refractivity contribution >= 4 is 27.7 Å². The molecule has 0 aliphatic rings. The van der Waals surface area contributed by atoms with Crippen LogP contribution in [0.4, 0.5) is 13.2 Å². The molecule has 0 aliphatic carbocycles. The van der Waals surface area contributed by atoms with E-state index in [-0.39, 0.29) is 21.6 Å². The van der Waals surface area contributed by atoms with Gasteiger partial charge in [0.15, 0.2) is 0 Å². The molecule has 0 spiro atoms. The summed E-state index contributed by atoms with van der Waals surface area (Å²) in [5.41, 5.74) is 5.67. The van der Waals surface area contributed by atoms with Crippen LogP contribution in [0.2, 0.25) is 0 Å². The minimum Gasteiger partial charge on any atom is -0.323 e. The van der Waals surface area contributed by atoms with Crippen molar-refractivity contribution in [1.29, 1.82) is 0 Å². The van der Waals surface area contributed by atoms with Gasteiger partial charge in [-0.05, 0) is 46.3 Å². The molecule has 2 aromatic rings. The Morgan fingerprint density at radius 2 is 1.90 bits per heavy atom. The lowest BCUT2D eigenvalue weighted by molar-refractivity contribution is 0.534. The number of benzene rings is 2. The third-order valence-corrected chi connectivity index (χ3v) is 4.40. The van der Waals surface area contributed by atoms with Crippen LogP contribution in [-0.2, 0) is 0 Å². The van der Waals surface area contributed by atoms with Crippen LogP contribution in [0, 0.1) is 17.5 Å². The van der Waals surface area contributed by atoms with Gasteiger partial charge in [0.25, 0.3) is 0 Å². The first kappa shape index (κ1) is 15.4. The van der Waals surface area contributed by atoms with Gasteiger partial charge in [0.05, 0.1) is 4.47 Å². The lowest BCUT2D eigenvalue weighted by atomic mass is 10.1. The van der Waals surface area contributed by atoms with Crippen molar-refractivity contribution in [2.75, 3.05) is 5.75 Å². The second kappa shape index (κ2) is 6.65. The van der Waals surface area contributed by atoms with E-state index in [2.05, 4.69) is 15.9 Å². The van der Waals surface area contributed by atoms with Crippen LogP contribution in [0.1, 0.15) is 11.6 Å². The van der Waals surface area contributed by atoms with E-state index in [4.69, 9.17) is 5.73 Å². The SMILES string of the molecule is NC(CSc1cccc(F)c1)c1c(F)ccc(Br)c1F. The molecular formula is C14H11BrF3NS. The summed E-state index contributed by atoms with van der Waals surface area (Å²) in [7, 11) is 0. The highest BCUT2D eigenvalue weighted by atomic mass is 79.9. The average molecular weight is 362 g/mol. The molecule has 0 aliphatic heterocycles. The molecule has 2 rings (SSSR count).